The molecule has 0 aromatic heterocycles. The van der Waals surface area contributed by atoms with E-state index in [4.69, 9.17) is 0 Å². The molecule has 1 N–H and O–H groups in total. The maximum atomic E-state index is 12.9. The summed E-state index contributed by atoms with van der Waals surface area (Å²) in [6.07, 6.45) is 2.55. The van der Waals surface area contributed by atoms with E-state index in [-0.39, 0.29) is 5.82 Å². The summed E-state index contributed by atoms with van der Waals surface area (Å²) >= 11 is 5.40. The minimum Gasteiger partial charge on any atom is -0.309 e. The third-order valence-corrected chi connectivity index (χ3v) is 4.71. The fourth-order valence-corrected chi connectivity index (χ4v) is 3.42. The molecule has 4 heteroatoms. The number of rotatable bonds is 3. The molecule has 0 radical (unpaired) electrons. The fraction of sp³-hybridized carbons (Fsp3) is 0.500. The summed E-state index contributed by atoms with van der Waals surface area (Å²) in [5, 5.41) is 3.52. The molecular formula is C12H15BrFNS. The van der Waals surface area contributed by atoms with Crippen molar-refractivity contribution in [3.05, 3.63) is 34.1 Å². The molecule has 0 aliphatic carbocycles. The van der Waals surface area contributed by atoms with Gasteiger partial charge in [-0.05, 0) is 36.3 Å². The number of hydrogen-bond acceptors (Lipinski definition) is 2. The van der Waals surface area contributed by atoms with Gasteiger partial charge >= 0.3 is 0 Å². The first-order chi connectivity index (χ1) is 7.75. The standard InChI is InChI=1S/C12H15BrFNS/c13-12-6-10(14)4-3-9(12)7-15-11-2-1-5-16-8-11/h3-4,6,11,15H,1-2,5,7-8H2. The van der Waals surface area contributed by atoms with Crippen molar-refractivity contribution in [3.63, 3.8) is 0 Å². The lowest BCUT2D eigenvalue weighted by Crippen LogP contribution is -2.33. The normalized spacial score (nSPS) is 21.0. The van der Waals surface area contributed by atoms with Gasteiger partial charge in [-0.25, -0.2) is 4.39 Å². The number of benzene rings is 1. The van der Waals surface area contributed by atoms with Gasteiger partial charge in [-0.15, -0.1) is 0 Å². The van der Waals surface area contributed by atoms with Crippen LogP contribution in [0, 0.1) is 5.82 Å². The van der Waals surface area contributed by atoms with Gasteiger partial charge in [0.15, 0.2) is 0 Å². The van der Waals surface area contributed by atoms with E-state index in [1.807, 2.05) is 17.8 Å². The number of nitrogens with one attached hydrogen (secondary N) is 1. The molecule has 1 saturated heterocycles. The molecule has 1 aliphatic heterocycles. The molecule has 1 fully saturated rings. The first kappa shape index (κ1) is 12.4. The SMILES string of the molecule is Fc1ccc(CNC2CCCSC2)c(Br)c1. The molecule has 1 aromatic rings. The lowest BCUT2D eigenvalue weighted by atomic mass is 10.1. The van der Waals surface area contributed by atoms with Crippen LogP contribution < -0.4 is 5.32 Å². The minimum atomic E-state index is -0.191. The Morgan fingerprint density at radius 1 is 1.50 bits per heavy atom. The highest BCUT2D eigenvalue weighted by molar-refractivity contribution is 9.10. The van der Waals surface area contributed by atoms with Crippen LogP contribution in [0.15, 0.2) is 22.7 Å². The zero-order valence-corrected chi connectivity index (χ0v) is 11.4. The molecule has 1 aromatic carbocycles. The Labute approximate surface area is 108 Å². The second kappa shape index (κ2) is 6.03. The predicted molar refractivity (Wildman–Crippen MR) is 71.3 cm³/mol. The van der Waals surface area contributed by atoms with Crippen molar-refractivity contribution in [2.45, 2.75) is 25.4 Å². The Balaban J connectivity index is 1.88. The third-order valence-electron chi connectivity index (χ3n) is 2.76. The molecule has 0 saturated carbocycles. The summed E-state index contributed by atoms with van der Waals surface area (Å²) in [4.78, 5) is 0. The molecule has 1 nitrogen and oxygen atoms in total. The molecule has 1 aliphatic rings. The topological polar surface area (TPSA) is 12.0 Å². The van der Waals surface area contributed by atoms with Gasteiger partial charge in [-0.1, -0.05) is 22.0 Å². The van der Waals surface area contributed by atoms with E-state index < -0.39 is 0 Å². The average Bonchev–Trinajstić information content (AvgIpc) is 2.29. The Morgan fingerprint density at radius 2 is 2.38 bits per heavy atom. The molecular weight excluding hydrogens is 289 g/mol. The molecule has 1 unspecified atom stereocenters. The molecule has 0 amide bonds. The quantitative estimate of drug-likeness (QED) is 0.916. The van der Waals surface area contributed by atoms with Crippen molar-refractivity contribution in [2.75, 3.05) is 11.5 Å². The summed E-state index contributed by atoms with van der Waals surface area (Å²) in [5.74, 6) is 2.29. The van der Waals surface area contributed by atoms with E-state index in [0.717, 1.165) is 16.6 Å². The van der Waals surface area contributed by atoms with Crippen LogP contribution in [-0.4, -0.2) is 17.5 Å². The van der Waals surface area contributed by atoms with Crippen molar-refractivity contribution in [2.24, 2.45) is 0 Å². The monoisotopic (exact) mass is 303 g/mol. The van der Waals surface area contributed by atoms with Crippen LogP contribution >= 0.6 is 27.7 Å². The Bertz CT molecular complexity index is 353. The summed E-state index contributed by atoms with van der Waals surface area (Å²) < 4.78 is 13.7. The highest BCUT2D eigenvalue weighted by Gasteiger charge is 2.13. The van der Waals surface area contributed by atoms with Gasteiger partial charge in [-0.3, -0.25) is 0 Å². The molecule has 0 bridgehead atoms. The van der Waals surface area contributed by atoms with Gasteiger partial charge in [0.2, 0.25) is 0 Å². The summed E-state index contributed by atoms with van der Waals surface area (Å²) in [6, 6.07) is 5.47. The Kier molecular flexibility index (Phi) is 4.67. The van der Waals surface area contributed by atoms with Crippen molar-refractivity contribution in [1.82, 2.24) is 5.32 Å². The second-order valence-corrected chi connectivity index (χ2v) is 6.03. The maximum Gasteiger partial charge on any atom is 0.124 e. The molecule has 88 valence electrons. The van der Waals surface area contributed by atoms with E-state index in [1.54, 1.807) is 0 Å². The fourth-order valence-electron chi connectivity index (χ4n) is 1.82. The van der Waals surface area contributed by atoms with Crippen molar-refractivity contribution >= 4 is 27.7 Å². The van der Waals surface area contributed by atoms with Crippen LogP contribution in [0.1, 0.15) is 18.4 Å². The van der Waals surface area contributed by atoms with E-state index in [1.165, 1.54) is 36.5 Å². The molecule has 1 heterocycles. The van der Waals surface area contributed by atoms with Crippen LogP contribution in [-0.2, 0) is 6.54 Å². The van der Waals surface area contributed by atoms with Gasteiger partial charge in [0, 0.05) is 22.8 Å². The number of thioether (sulfide) groups is 1. The molecule has 1 atom stereocenters. The molecule has 0 spiro atoms. The predicted octanol–water partition coefficient (Wildman–Crippen LogP) is 3.57. The van der Waals surface area contributed by atoms with E-state index in [2.05, 4.69) is 21.2 Å². The lowest BCUT2D eigenvalue weighted by molar-refractivity contribution is 0.506. The van der Waals surface area contributed by atoms with Crippen molar-refractivity contribution in [3.8, 4) is 0 Å². The van der Waals surface area contributed by atoms with Crippen LogP contribution in [0.2, 0.25) is 0 Å². The minimum absolute atomic E-state index is 0.191. The lowest BCUT2D eigenvalue weighted by Gasteiger charge is -2.22. The van der Waals surface area contributed by atoms with Gasteiger partial charge in [0.25, 0.3) is 0 Å². The van der Waals surface area contributed by atoms with E-state index in [0.29, 0.717) is 6.04 Å². The Hall–Kier alpha value is -0.0600. The largest absolute Gasteiger partial charge is 0.309 e. The highest BCUT2D eigenvalue weighted by Crippen LogP contribution is 2.20. The second-order valence-electron chi connectivity index (χ2n) is 4.03. The summed E-state index contributed by atoms with van der Waals surface area (Å²) in [5.41, 5.74) is 1.12. The first-order valence-electron chi connectivity index (χ1n) is 5.51. The van der Waals surface area contributed by atoms with Crippen LogP contribution in [0.4, 0.5) is 4.39 Å². The van der Waals surface area contributed by atoms with Crippen LogP contribution in [0.5, 0.6) is 0 Å². The van der Waals surface area contributed by atoms with Gasteiger partial charge < -0.3 is 5.32 Å². The van der Waals surface area contributed by atoms with Gasteiger partial charge in [0.05, 0.1) is 0 Å². The first-order valence-corrected chi connectivity index (χ1v) is 7.45. The Morgan fingerprint density at radius 3 is 3.06 bits per heavy atom. The van der Waals surface area contributed by atoms with Crippen molar-refractivity contribution in [1.29, 1.82) is 0 Å². The molecule has 16 heavy (non-hydrogen) atoms. The highest BCUT2D eigenvalue weighted by atomic mass is 79.9. The smallest absolute Gasteiger partial charge is 0.124 e. The van der Waals surface area contributed by atoms with Crippen molar-refractivity contribution < 1.29 is 4.39 Å². The van der Waals surface area contributed by atoms with Crippen LogP contribution in [0.3, 0.4) is 0 Å². The third kappa shape index (κ3) is 3.47. The summed E-state index contributed by atoms with van der Waals surface area (Å²) in [7, 11) is 0. The molecule has 2 rings (SSSR count). The van der Waals surface area contributed by atoms with E-state index >= 15 is 0 Å². The van der Waals surface area contributed by atoms with Gasteiger partial charge in [0.1, 0.15) is 5.82 Å². The van der Waals surface area contributed by atoms with Crippen LogP contribution in [0.25, 0.3) is 0 Å². The van der Waals surface area contributed by atoms with Gasteiger partial charge in [-0.2, -0.15) is 11.8 Å². The maximum absolute atomic E-state index is 12.9. The zero-order valence-electron chi connectivity index (χ0n) is 9.01. The van der Waals surface area contributed by atoms with E-state index in [9.17, 15) is 4.39 Å². The summed E-state index contributed by atoms with van der Waals surface area (Å²) in [6.45, 7) is 0.812. The number of hydrogen-bond donors (Lipinski definition) is 1. The zero-order chi connectivity index (χ0) is 11.4. The number of halogens is 2. The average molecular weight is 304 g/mol.